The molecule has 0 aliphatic rings. The molecule has 0 bridgehead atoms. The Morgan fingerprint density at radius 1 is 1.09 bits per heavy atom. The number of hydrogen-bond donors (Lipinski definition) is 0. The van der Waals surface area contributed by atoms with Crippen LogP contribution in [0.4, 0.5) is 0 Å². The Morgan fingerprint density at radius 2 is 1.64 bits per heavy atom. The first kappa shape index (κ1) is 13.7. The highest BCUT2D eigenvalue weighted by molar-refractivity contribution is 4.80. The molecule has 0 aliphatic carbocycles. The second-order valence-electron chi connectivity index (χ2n) is 3.73. The van der Waals surface area contributed by atoms with E-state index in [1.165, 1.54) is 12.8 Å². The minimum absolute atomic E-state index is 0. The molecule has 0 aromatic heterocycles. The Kier molecular flexibility index (Phi) is 8.58. The molecule has 0 aliphatic heterocycles. The van der Waals surface area contributed by atoms with Crippen molar-refractivity contribution < 1.29 is 21.5 Å². The molecule has 0 saturated heterocycles. The maximum Gasteiger partial charge on any atom is 0.0967 e. The van der Waals surface area contributed by atoms with E-state index >= 15 is 0 Å². The predicted octanol–water partition coefficient (Wildman–Crippen LogP) is -0.947. The summed E-state index contributed by atoms with van der Waals surface area (Å²) in [5.41, 5.74) is 0. The Morgan fingerprint density at radius 3 is 2.00 bits per heavy atom. The van der Waals surface area contributed by atoms with Gasteiger partial charge in [-0.1, -0.05) is 19.4 Å². The average molecular weight is 222 g/mol. The highest BCUT2D eigenvalue weighted by atomic mass is 79.9. The van der Waals surface area contributed by atoms with Crippen molar-refractivity contribution in [1.29, 1.82) is 0 Å². The Bertz CT molecular complexity index is 103. The van der Waals surface area contributed by atoms with Gasteiger partial charge in [0.15, 0.2) is 0 Å². The second-order valence-corrected chi connectivity index (χ2v) is 3.73. The first-order valence-electron chi connectivity index (χ1n) is 4.01. The van der Waals surface area contributed by atoms with Gasteiger partial charge in [0.05, 0.1) is 27.7 Å². The number of halogens is 1. The molecule has 11 heavy (non-hydrogen) atoms. The smallest absolute Gasteiger partial charge is 0.0967 e. The fourth-order valence-corrected chi connectivity index (χ4v) is 0.675. The van der Waals surface area contributed by atoms with Crippen molar-refractivity contribution in [2.24, 2.45) is 0 Å². The minimum atomic E-state index is 0. The van der Waals surface area contributed by atoms with Gasteiger partial charge in [-0.05, 0) is 12.5 Å². The van der Waals surface area contributed by atoms with E-state index in [0.29, 0.717) is 0 Å². The van der Waals surface area contributed by atoms with E-state index in [4.69, 9.17) is 0 Å². The lowest BCUT2D eigenvalue weighted by Gasteiger charge is -2.21. The first-order chi connectivity index (χ1) is 4.56. The predicted molar refractivity (Wildman–Crippen MR) is 46.9 cm³/mol. The zero-order valence-electron chi connectivity index (χ0n) is 8.10. The summed E-state index contributed by atoms with van der Waals surface area (Å²) in [5.74, 6) is 0. The number of allylic oxidation sites excluding steroid dienone is 1. The van der Waals surface area contributed by atoms with Crippen molar-refractivity contribution in [2.75, 3.05) is 27.7 Å². The fourth-order valence-electron chi connectivity index (χ4n) is 0.675. The standard InChI is InChI=1S/C9H20N.BrH/c1-5-6-7-8-9-10(2,3)4;/h7-8H,5-6,9H2,1-4H3;1H/q+1;/p-1/b8-7+;. The number of likely N-dealkylation sites (N-methyl/N-ethyl adjacent to an activating group) is 1. The zero-order valence-corrected chi connectivity index (χ0v) is 9.69. The van der Waals surface area contributed by atoms with Gasteiger partial charge in [0.1, 0.15) is 0 Å². The molecule has 0 aromatic rings. The topological polar surface area (TPSA) is 0 Å². The summed E-state index contributed by atoms with van der Waals surface area (Å²) in [6.07, 6.45) is 7.01. The minimum Gasteiger partial charge on any atom is -1.00 e. The number of nitrogens with zero attached hydrogens (tertiary/aromatic N) is 1. The molecule has 0 heterocycles. The summed E-state index contributed by atoms with van der Waals surface area (Å²) in [5, 5.41) is 0. The summed E-state index contributed by atoms with van der Waals surface area (Å²) in [4.78, 5) is 0. The summed E-state index contributed by atoms with van der Waals surface area (Å²) in [7, 11) is 6.61. The van der Waals surface area contributed by atoms with Crippen LogP contribution < -0.4 is 17.0 Å². The van der Waals surface area contributed by atoms with Crippen LogP contribution in [0.5, 0.6) is 0 Å². The van der Waals surface area contributed by atoms with Crippen molar-refractivity contribution in [2.45, 2.75) is 19.8 Å². The Labute approximate surface area is 81.5 Å². The highest BCUT2D eigenvalue weighted by Gasteiger charge is 2.00. The number of unbranched alkanes of at least 4 members (excludes halogenated alkanes) is 1. The molecule has 0 rings (SSSR count). The largest absolute Gasteiger partial charge is 1.00 e. The van der Waals surface area contributed by atoms with Gasteiger partial charge < -0.3 is 21.5 Å². The Hall–Kier alpha value is 0.180. The van der Waals surface area contributed by atoms with Crippen LogP contribution in [0.2, 0.25) is 0 Å². The maximum atomic E-state index is 2.27. The van der Waals surface area contributed by atoms with Gasteiger partial charge >= 0.3 is 0 Å². The van der Waals surface area contributed by atoms with Crippen LogP contribution in [0.3, 0.4) is 0 Å². The van der Waals surface area contributed by atoms with Crippen LogP contribution in [-0.2, 0) is 0 Å². The van der Waals surface area contributed by atoms with Crippen LogP contribution in [-0.4, -0.2) is 32.2 Å². The van der Waals surface area contributed by atoms with E-state index in [1.54, 1.807) is 0 Å². The van der Waals surface area contributed by atoms with E-state index in [1.807, 2.05) is 0 Å². The van der Waals surface area contributed by atoms with Gasteiger partial charge in [-0.15, -0.1) is 0 Å². The molecule has 0 spiro atoms. The maximum absolute atomic E-state index is 2.27. The van der Waals surface area contributed by atoms with E-state index in [2.05, 4.69) is 40.2 Å². The zero-order chi connectivity index (χ0) is 8.04. The van der Waals surface area contributed by atoms with Crippen molar-refractivity contribution in [1.82, 2.24) is 0 Å². The summed E-state index contributed by atoms with van der Waals surface area (Å²) in [6, 6.07) is 0. The van der Waals surface area contributed by atoms with E-state index in [-0.39, 0.29) is 17.0 Å². The van der Waals surface area contributed by atoms with Gasteiger partial charge in [-0.25, -0.2) is 0 Å². The molecule has 0 atom stereocenters. The lowest BCUT2D eigenvalue weighted by molar-refractivity contribution is -0.864. The lowest BCUT2D eigenvalue weighted by atomic mass is 10.3. The van der Waals surface area contributed by atoms with Crippen molar-refractivity contribution >= 4 is 0 Å². The molecule has 0 saturated carbocycles. The van der Waals surface area contributed by atoms with E-state index < -0.39 is 0 Å². The van der Waals surface area contributed by atoms with E-state index in [0.717, 1.165) is 11.0 Å². The molecule has 0 radical (unpaired) electrons. The van der Waals surface area contributed by atoms with Gasteiger partial charge in [0, 0.05) is 0 Å². The number of rotatable bonds is 4. The Balaban J connectivity index is 0. The van der Waals surface area contributed by atoms with Crippen LogP contribution in [0, 0.1) is 0 Å². The molecule has 0 unspecified atom stereocenters. The summed E-state index contributed by atoms with van der Waals surface area (Å²) < 4.78 is 1.03. The van der Waals surface area contributed by atoms with Crippen molar-refractivity contribution in [3.05, 3.63) is 12.2 Å². The van der Waals surface area contributed by atoms with Gasteiger partial charge in [0.2, 0.25) is 0 Å². The quantitative estimate of drug-likeness (QED) is 0.425. The SMILES string of the molecule is CCC/C=C/C[N+](C)(C)C.[Br-]. The third kappa shape index (κ3) is 13.2. The normalized spacial score (nSPS) is 11.6. The van der Waals surface area contributed by atoms with Crippen LogP contribution in [0.25, 0.3) is 0 Å². The van der Waals surface area contributed by atoms with Crippen LogP contribution in [0.15, 0.2) is 12.2 Å². The van der Waals surface area contributed by atoms with Gasteiger partial charge in [-0.2, -0.15) is 0 Å². The van der Waals surface area contributed by atoms with Crippen molar-refractivity contribution in [3.63, 3.8) is 0 Å². The first-order valence-corrected chi connectivity index (χ1v) is 4.01. The van der Waals surface area contributed by atoms with Crippen LogP contribution >= 0.6 is 0 Å². The van der Waals surface area contributed by atoms with Gasteiger partial charge in [-0.3, -0.25) is 0 Å². The monoisotopic (exact) mass is 221 g/mol. The number of hydrogen-bond acceptors (Lipinski definition) is 0. The lowest BCUT2D eigenvalue weighted by Crippen LogP contribution is -3.00. The summed E-state index contributed by atoms with van der Waals surface area (Å²) in [6.45, 7) is 3.34. The highest BCUT2D eigenvalue weighted by Crippen LogP contribution is 1.93. The van der Waals surface area contributed by atoms with Gasteiger partial charge in [0.25, 0.3) is 0 Å². The average Bonchev–Trinajstić information content (AvgIpc) is 1.78. The fraction of sp³-hybridized carbons (Fsp3) is 0.778. The molecular formula is C9H20BrN. The molecule has 0 fully saturated rings. The molecule has 0 N–H and O–H groups in total. The third-order valence-electron chi connectivity index (χ3n) is 1.28. The molecular weight excluding hydrogens is 202 g/mol. The summed E-state index contributed by atoms with van der Waals surface area (Å²) >= 11 is 0. The third-order valence-corrected chi connectivity index (χ3v) is 1.28. The van der Waals surface area contributed by atoms with E-state index in [9.17, 15) is 0 Å². The molecule has 0 aromatic carbocycles. The van der Waals surface area contributed by atoms with Crippen molar-refractivity contribution in [3.8, 4) is 0 Å². The molecule has 0 amide bonds. The molecule has 68 valence electrons. The molecule has 2 heteroatoms. The van der Waals surface area contributed by atoms with Crippen LogP contribution in [0.1, 0.15) is 19.8 Å². The molecule has 1 nitrogen and oxygen atoms in total. The second kappa shape index (κ2) is 6.86. The number of quaternary nitrogens is 1.